The van der Waals surface area contributed by atoms with Crippen LogP contribution in [0.3, 0.4) is 0 Å². The van der Waals surface area contributed by atoms with Crippen LogP contribution in [0.5, 0.6) is 0 Å². The van der Waals surface area contributed by atoms with Gasteiger partial charge in [0.1, 0.15) is 6.04 Å². The lowest BCUT2D eigenvalue weighted by atomic mass is 10.2. The molecule has 64 valence electrons. The summed E-state index contributed by atoms with van der Waals surface area (Å²) in [5, 5.41) is 9.08. The molecule has 1 rings (SSSR count). The van der Waals surface area contributed by atoms with E-state index in [4.69, 9.17) is 16.9 Å². The fourth-order valence-corrected chi connectivity index (χ4v) is 1.44. The van der Waals surface area contributed by atoms with Gasteiger partial charge in [-0.2, -0.15) is 0 Å². The largest absolute Gasteiger partial charge is 0.468 e. The maximum absolute atomic E-state index is 10.9. The molecule has 5 heteroatoms. The third-order valence-corrected chi connectivity index (χ3v) is 2.07. The molecule has 1 heterocycles. The molecule has 0 aliphatic carbocycles. The van der Waals surface area contributed by atoms with E-state index in [0.717, 1.165) is 0 Å². The van der Waals surface area contributed by atoms with Gasteiger partial charge in [0.25, 0.3) is 0 Å². The molecule has 1 N–H and O–H groups in total. The molecule has 1 fully saturated rings. The van der Waals surface area contributed by atoms with Gasteiger partial charge < -0.3 is 9.84 Å². The smallest absolute Gasteiger partial charge is 0.324 e. The molecule has 0 saturated carbocycles. The predicted octanol–water partition coefficient (Wildman–Crippen LogP) is -0.252. The molecule has 1 saturated heterocycles. The van der Waals surface area contributed by atoms with Crippen molar-refractivity contribution in [2.45, 2.75) is 18.6 Å². The van der Waals surface area contributed by atoms with E-state index < -0.39 is 18.1 Å². The van der Waals surface area contributed by atoms with E-state index in [9.17, 15) is 4.79 Å². The topological polar surface area (TPSA) is 49.8 Å². The molecular formula is C6H10ClNO3. The number of aliphatic hydroxyl groups excluding tert-OH is 1. The van der Waals surface area contributed by atoms with Crippen LogP contribution >= 0.6 is 11.8 Å². The van der Waals surface area contributed by atoms with Crippen LogP contribution in [-0.2, 0) is 9.53 Å². The van der Waals surface area contributed by atoms with Crippen molar-refractivity contribution in [3.8, 4) is 0 Å². The van der Waals surface area contributed by atoms with Gasteiger partial charge in [0.15, 0.2) is 0 Å². The molecule has 0 aromatic heterocycles. The Balaban J connectivity index is 2.52. The monoisotopic (exact) mass is 179 g/mol. The first-order chi connectivity index (χ1) is 5.15. The van der Waals surface area contributed by atoms with E-state index in [1.807, 2.05) is 0 Å². The summed E-state index contributed by atoms with van der Waals surface area (Å²) in [6.07, 6.45) is -0.160. The van der Waals surface area contributed by atoms with E-state index in [1.165, 1.54) is 11.5 Å². The Hall–Kier alpha value is -0.320. The number of esters is 1. The first-order valence-corrected chi connectivity index (χ1v) is 3.67. The van der Waals surface area contributed by atoms with Crippen molar-refractivity contribution in [3.05, 3.63) is 0 Å². The van der Waals surface area contributed by atoms with Crippen molar-refractivity contribution >= 4 is 17.7 Å². The number of ether oxygens (including phenoxy) is 1. The van der Waals surface area contributed by atoms with E-state index in [1.54, 1.807) is 0 Å². The number of hydrogen-bond donors (Lipinski definition) is 1. The number of β-amino-alcohol motifs (C(OH)–C–C–N with tert-alkyl or cyclic N) is 1. The Labute approximate surface area is 69.8 Å². The van der Waals surface area contributed by atoms with Crippen LogP contribution in [0, 0.1) is 0 Å². The molecule has 1 aliphatic heterocycles. The van der Waals surface area contributed by atoms with Crippen LogP contribution in [0.25, 0.3) is 0 Å². The second-order valence-electron chi connectivity index (χ2n) is 2.51. The van der Waals surface area contributed by atoms with E-state index in [0.29, 0.717) is 13.0 Å². The Morgan fingerprint density at radius 1 is 1.82 bits per heavy atom. The molecule has 0 aromatic carbocycles. The molecule has 0 aromatic rings. The summed E-state index contributed by atoms with van der Waals surface area (Å²) in [7, 11) is 1.30. The fourth-order valence-electron chi connectivity index (χ4n) is 1.12. The van der Waals surface area contributed by atoms with Crippen LogP contribution in [0.4, 0.5) is 0 Å². The van der Waals surface area contributed by atoms with Crippen molar-refractivity contribution in [1.82, 2.24) is 4.42 Å². The summed E-state index contributed by atoms with van der Waals surface area (Å²) < 4.78 is 5.75. The van der Waals surface area contributed by atoms with E-state index in [2.05, 4.69) is 4.74 Å². The summed E-state index contributed by atoms with van der Waals surface area (Å²) in [6, 6.07) is -0.489. The third kappa shape index (κ3) is 1.83. The van der Waals surface area contributed by atoms with Gasteiger partial charge in [0.2, 0.25) is 0 Å². The highest BCUT2D eigenvalue weighted by Crippen LogP contribution is 2.20. The Morgan fingerprint density at radius 3 is 2.82 bits per heavy atom. The number of hydrogen-bond acceptors (Lipinski definition) is 4. The van der Waals surface area contributed by atoms with E-state index >= 15 is 0 Å². The standard InChI is InChI=1S/C6H10ClNO3/c1-11-6(10)5-2-4(9)3-8(5)7/h4-5,9H,2-3H2,1H3/t4-,5?/m1/s1. The Kier molecular flexibility index (Phi) is 2.70. The summed E-state index contributed by atoms with van der Waals surface area (Å²) in [4.78, 5) is 10.9. The van der Waals surface area contributed by atoms with Gasteiger partial charge in [-0.15, -0.1) is 0 Å². The summed E-state index contributed by atoms with van der Waals surface area (Å²) in [6.45, 7) is 0.321. The van der Waals surface area contributed by atoms with Gasteiger partial charge in [0.05, 0.1) is 13.2 Å². The summed E-state index contributed by atoms with van der Waals surface area (Å²) >= 11 is 5.62. The minimum Gasteiger partial charge on any atom is -0.468 e. The van der Waals surface area contributed by atoms with Crippen LogP contribution < -0.4 is 0 Å². The maximum atomic E-state index is 10.9. The minimum absolute atomic E-state index is 0.321. The molecule has 0 bridgehead atoms. The first-order valence-electron chi connectivity index (χ1n) is 3.33. The summed E-state index contributed by atoms with van der Waals surface area (Å²) in [5.74, 6) is -0.392. The highest BCUT2D eigenvalue weighted by molar-refractivity contribution is 6.15. The third-order valence-electron chi connectivity index (χ3n) is 1.69. The number of rotatable bonds is 1. The Bertz CT molecular complexity index is 164. The van der Waals surface area contributed by atoms with E-state index in [-0.39, 0.29) is 0 Å². The average Bonchev–Trinajstić information content (AvgIpc) is 2.28. The molecule has 0 spiro atoms. The lowest BCUT2D eigenvalue weighted by Gasteiger charge is -2.12. The molecule has 2 atom stereocenters. The van der Waals surface area contributed by atoms with Crippen LogP contribution in [0.2, 0.25) is 0 Å². The predicted molar refractivity (Wildman–Crippen MR) is 39.0 cm³/mol. The van der Waals surface area contributed by atoms with Crippen molar-refractivity contribution in [2.24, 2.45) is 0 Å². The van der Waals surface area contributed by atoms with Crippen molar-refractivity contribution < 1.29 is 14.6 Å². The van der Waals surface area contributed by atoms with Crippen molar-refractivity contribution in [2.75, 3.05) is 13.7 Å². The van der Waals surface area contributed by atoms with Gasteiger partial charge in [-0.05, 0) is 11.8 Å². The lowest BCUT2D eigenvalue weighted by Crippen LogP contribution is -2.30. The fraction of sp³-hybridized carbons (Fsp3) is 0.833. The zero-order valence-corrected chi connectivity index (χ0v) is 6.91. The molecule has 0 amide bonds. The van der Waals surface area contributed by atoms with Gasteiger partial charge in [-0.1, -0.05) is 0 Å². The first kappa shape index (κ1) is 8.77. The quantitative estimate of drug-likeness (QED) is 0.446. The number of carbonyl (C=O) groups is 1. The molecule has 1 aliphatic rings. The van der Waals surface area contributed by atoms with Gasteiger partial charge in [0, 0.05) is 13.0 Å². The molecular weight excluding hydrogens is 170 g/mol. The van der Waals surface area contributed by atoms with Crippen LogP contribution in [0.15, 0.2) is 0 Å². The van der Waals surface area contributed by atoms with Gasteiger partial charge in [-0.25, -0.2) is 4.42 Å². The number of carbonyl (C=O) groups excluding carboxylic acids is 1. The minimum atomic E-state index is -0.517. The van der Waals surface area contributed by atoms with Gasteiger partial charge in [-0.3, -0.25) is 4.79 Å². The second kappa shape index (κ2) is 3.38. The number of halogens is 1. The number of aliphatic hydroxyl groups is 1. The molecule has 4 nitrogen and oxygen atoms in total. The molecule has 0 radical (unpaired) electrons. The highest BCUT2D eigenvalue weighted by atomic mass is 35.5. The maximum Gasteiger partial charge on any atom is 0.324 e. The zero-order valence-electron chi connectivity index (χ0n) is 6.16. The van der Waals surface area contributed by atoms with Crippen LogP contribution in [-0.4, -0.2) is 41.3 Å². The Morgan fingerprint density at radius 2 is 2.45 bits per heavy atom. The lowest BCUT2D eigenvalue weighted by molar-refractivity contribution is -0.144. The highest BCUT2D eigenvalue weighted by Gasteiger charge is 2.35. The number of nitrogens with zero attached hydrogens (tertiary/aromatic N) is 1. The van der Waals surface area contributed by atoms with Gasteiger partial charge >= 0.3 is 5.97 Å². The second-order valence-corrected chi connectivity index (χ2v) is 2.94. The molecule has 1 unspecified atom stereocenters. The normalized spacial score (nSPS) is 32.3. The SMILES string of the molecule is COC(=O)C1C[C@@H](O)CN1Cl. The van der Waals surface area contributed by atoms with Crippen molar-refractivity contribution in [3.63, 3.8) is 0 Å². The zero-order chi connectivity index (χ0) is 8.43. The molecule has 11 heavy (non-hydrogen) atoms. The van der Waals surface area contributed by atoms with Crippen molar-refractivity contribution in [1.29, 1.82) is 0 Å². The van der Waals surface area contributed by atoms with Crippen LogP contribution in [0.1, 0.15) is 6.42 Å². The average molecular weight is 180 g/mol. The number of methoxy groups -OCH3 is 1. The summed E-state index contributed by atoms with van der Waals surface area (Å²) in [5.41, 5.74) is 0.